The molecule has 4 rings (SSSR count). The van der Waals surface area contributed by atoms with Crippen molar-refractivity contribution in [1.82, 2.24) is 0 Å². The molecule has 0 spiro atoms. The first kappa shape index (κ1) is 22.3. The number of carbonyl (C=O) groups is 2. The lowest BCUT2D eigenvalue weighted by Gasteiger charge is -2.39. The summed E-state index contributed by atoms with van der Waals surface area (Å²) in [5.74, 6) is -0.426. The molecule has 0 saturated heterocycles. The fourth-order valence-electron chi connectivity index (χ4n) is 3.82. The van der Waals surface area contributed by atoms with Crippen LogP contribution in [0.3, 0.4) is 0 Å². The Kier molecular flexibility index (Phi) is 6.55. The van der Waals surface area contributed by atoms with Gasteiger partial charge in [-0.25, -0.2) is 4.39 Å². The zero-order valence-corrected chi connectivity index (χ0v) is 18.0. The maximum absolute atomic E-state index is 13.3. The third-order valence-electron chi connectivity index (χ3n) is 5.53. The lowest BCUT2D eigenvalue weighted by molar-refractivity contribution is -0.122. The van der Waals surface area contributed by atoms with Crippen molar-refractivity contribution in [3.8, 4) is 5.75 Å². The summed E-state index contributed by atoms with van der Waals surface area (Å²) in [4.78, 5) is 27.4. The fourth-order valence-corrected chi connectivity index (χ4v) is 3.82. The Bertz CT molecular complexity index is 1140. The van der Waals surface area contributed by atoms with Crippen molar-refractivity contribution < 1.29 is 23.8 Å². The number of benzene rings is 3. The second kappa shape index (κ2) is 9.70. The molecule has 7 nitrogen and oxygen atoms in total. The Morgan fingerprint density at radius 2 is 1.82 bits per heavy atom. The lowest BCUT2D eigenvalue weighted by Crippen LogP contribution is -2.51. The third-order valence-corrected chi connectivity index (χ3v) is 5.53. The number of nitrogens with one attached hydrogen (secondary N) is 2. The van der Waals surface area contributed by atoms with E-state index in [1.165, 1.54) is 24.3 Å². The normalized spacial score (nSPS) is 15.9. The van der Waals surface area contributed by atoms with Gasteiger partial charge in [0.1, 0.15) is 17.6 Å². The molecule has 3 N–H and O–H groups in total. The number of amides is 2. The van der Waals surface area contributed by atoms with Crippen LogP contribution in [0.1, 0.15) is 18.1 Å². The Morgan fingerprint density at radius 1 is 1.12 bits per heavy atom. The van der Waals surface area contributed by atoms with E-state index in [-0.39, 0.29) is 24.8 Å². The summed E-state index contributed by atoms with van der Waals surface area (Å²) in [5, 5.41) is 16.4. The minimum Gasteiger partial charge on any atom is -0.497 e. The summed E-state index contributed by atoms with van der Waals surface area (Å²) in [7, 11) is 1.56. The molecule has 2 atom stereocenters. The van der Waals surface area contributed by atoms with Crippen LogP contribution >= 0.6 is 0 Å². The second-order valence-corrected chi connectivity index (χ2v) is 7.72. The fraction of sp³-hybridized carbons (Fsp3) is 0.200. The van der Waals surface area contributed by atoms with Gasteiger partial charge >= 0.3 is 0 Å². The highest BCUT2D eigenvalue weighted by Gasteiger charge is 2.35. The number of ether oxygens (including phenoxy) is 1. The van der Waals surface area contributed by atoms with Gasteiger partial charge < -0.3 is 25.4 Å². The van der Waals surface area contributed by atoms with Crippen LogP contribution in [-0.2, 0) is 9.59 Å². The minimum atomic E-state index is -0.989. The number of aliphatic hydroxyl groups excluding tert-OH is 1. The van der Waals surface area contributed by atoms with Crippen molar-refractivity contribution in [2.24, 2.45) is 0 Å². The monoisotopic (exact) mass is 449 g/mol. The molecule has 0 fully saturated rings. The Hall–Kier alpha value is -3.91. The van der Waals surface area contributed by atoms with E-state index in [1.807, 2.05) is 12.1 Å². The van der Waals surface area contributed by atoms with E-state index in [1.54, 1.807) is 48.4 Å². The Balaban J connectivity index is 1.55. The molecular formula is C25H24FN3O4. The molecule has 3 aromatic rings. The van der Waals surface area contributed by atoms with Gasteiger partial charge in [-0.3, -0.25) is 9.59 Å². The number of halogens is 1. The number of para-hydroxylation sites is 2. The van der Waals surface area contributed by atoms with Gasteiger partial charge in [-0.2, -0.15) is 0 Å². The molecule has 33 heavy (non-hydrogen) atoms. The number of hydrogen-bond acceptors (Lipinski definition) is 5. The molecule has 1 aliphatic heterocycles. The van der Waals surface area contributed by atoms with E-state index in [4.69, 9.17) is 4.74 Å². The summed E-state index contributed by atoms with van der Waals surface area (Å²) in [6.45, 7) is 0.0521. The number of nitrogens with zero attached hydrogens (tertiary/aromatic N) is 1. The van der Waals surface area contributed by atoms with E-state index in [9.17, 15) is 19.1 Å². The van der Waals surface area contributed by atoms with Crippen LogP contribution in [0.25, 0.3) is 0 Å². The Labute approximate surface area is 190 Å². The Morgan fingerprint density at radius 3 is 2.52 bits per heavy atom. The zero-order valence-electron chi connectivity index (χ0n) is 18.0. The highest BCUT2D eigenvalue weighted by Crippen LogP contribution is 2.34. The van der Waals surface area contributed by atoms with Gasteiger partial charge in [-0.05, 0) is 54.1 Å². The molecule has 0 unspecified atom stereocenters. The summed E-state index contributed by atoms with van der Waals surface area (Å²) in [5.41, 5.74) is 2.39. The molecular weight excluding hydrogens is 425 g/mol. The first-order valence-electron chi connectivity index (χ1n) is 10.5. The largest absolute Gasteiger partial charge is 0.497 e. The van der Waals surface area contributed by atoms with E-state index in [0.717, 1.165) is 0 Å². The van der Waals surface area contributed by atoms with Gasteiger partial charge in [0.25, 0.3) is 0 Å². The van der Waals surface area contributed by atoms with Gasteiger partial charge in [0, 0.05) is 12.2 Å². The van der Waals surface area contributed by atoms with Crippen LogP contribution in [0.15, 0.2) is 72.8 Å². The molecule has 1 heterocycles. The van der Waals surface area contributed by atoms with Gasteiger partial charge in [0.05, 0.1) is 31.0 Å². The molecule has 0 aliphatic carbocycles. The van der Waals surface area contributed by atoms with Crippen molar-refractivity contribution in [3.63, 3.8) is 0 Å². The number of aliphatic hydroxyl groups is 1. The maximum Gasteiger partial charge on any atom is 0.247 e. The number of anilines is 3. The highest BCUT2D eigenvalue weighted by molar-refractivity contribution is 6.06. The van der Waals surface area contributed by atoms with Crippen molar-refractivity contribution in [2.45, 2.75) is 18.6 Å². The molecule has 0 aromatic heterocycles. The topological polar surface area (TPSA) is 90.9 Å². The zero-order chi connectivity index (χ0) is 23.4. The molecule has 1 aliphatic rings. The van der Waals surface area contributed by atoms with Gasteiger partial charge in [-0.1, -0.05) is 24.3 Å². The molecule has 170 valence electrons. The van der Waals surface area contributed by atoms with E-state index < -0.39 is 18.0 Å². The molecule has 3 aromatic carbocycles. The predicted molar refractivity (Wildman–Crippen MR) is 124 cm³/mol. The lowest BCUT2D eigenvalue weighted by atomic mass is 10.0. The van der Waals surface area contributed by atoms with E-state index in [2.05, 4.69) is 10.6 Å². The predicted octanol–water partition coefficient (Wildman–Crippen LogP) is 3.72. The second-order valence-electron chi connectivity index (χ2n) is 7.72. The quantitative estimate of drug-likeness (QED) is 0.512. The number of hydrogen-bond donors (Lipinski definition) is 3. The number of β-amino-alcohol motifs (C(OH)–C–C–N with tert-alkyl or cyclic N) is 1. The highest BCUT2D eigenvalue weighted by atomic mass is 19.1. The van der Waals surface area contributed by atoms with Crippen molar-refractivity contribution in [2.75, 3.05) is 29.2 Å². The number of fused-ring (bicyclic) bond motifs is 1. The van der Waals surface area contributed by atoms with Crippen LogP contribution in [-0.4, -0.2) is 36.6 Å². The number of methoxy groups -OCH3 is 1. The van der Waals surface area contributed by atoms with Crippen molar-refractivity contribution in [1.29, 1.82) is 0 Å². The standard InChI is InChI=1S/C25H24FN3O4/c1-33-19-12-10-18(11-13-19)27-24(31)14-22-25(32)28-20-4-2-3-5-21(20)29(22)15-23(30)16-6-8-17(26)9-7-16/h2-13,22-23,30H,14-15H2,1H3,(H,27,31)(H,28,32)/t22-,23+/m1/s1. The summed E-state index contributed by atoms with van der Waals surface area (Å²) >= 11 is 0. The SMILES string of the molecule is COc1ccc(NC(=O)C[C@@H]2C(=O)Nc3ccccc3N2C[C@H](O)c2ccc(F)cc2)cc1. The van der Waals surface area contributed by atoms with Crippen LogP contribution in [0.5, 0.6) is 5.75 Å². The van der Waals surface area contributed by atoms with Gasteiger partial charge in [0.2, 0.25) is 11.8 Å². The summed E-state index contributed by atoms with van der Waals surface area (Å²) in [6.07, 6.45) is -1.11. The molecule has 0 bridgehead atoms. The number of rotatable bonds is 7. The van der Waals surface area contributed by atoms with E-state index >= 15 is 0 Å². The van der Waals surface area contributed by atoms with Crippen LogP contribution in [0.4, 0.5) is 21.5 Å². The van der Waals surface area contributed by atoms with Crippen molar-refractivity contribution >= 4 is 28.9 Å². The molecule has 2 amide bonds. The maximum atomic E-state index is 13.3. The molecule has 0 saturated carbocycles. The van der Waals surface area contributed by atoms with Gasteiger partial charge in [-0.15, -0.1) is 0 Å². The first-order chi connectivity index (χ1) is 15.9. The summed E-state index contributed by atoms with van der Waals surface area (Å²) in [6, 6.07) is 18.8. The van der Waals surface area contributed by atoms with Crippen LogP contribution < -0.4 is 20.3 Å². The van der Waals surface area contributed by atoms with Crippen LogP contribution in [0.2, 0.25) is 0 Å². The molecule has 8 heteroatoms. The van der Waals surface area contributed by atoms with Gasteiger partial charge in [0.15, 0.2) is 0 Å². The average molecular weight is 449 g/mol. The summed E-state index contributed by atoms with van der Waals surface area (Å²) < 4.78 is 18.4. The third kappa shape index (κ3) is 5.12. The van der Waals surface area contributed by atoms with Crippen molar-refractivity contribution in [3.05, 3.63) is 84.2 Å². The minimum absolute atomic E-state index is 0.0521. The molecule has 0 radical (unpaired) electrons. The average Bonchev–Trinajstić information content (AvgIpc) is 2.82. The first-order valence-corrected chi connectivity index (χ1v) is 10.5. The number of carbonyl (C=O) groups excluding carboxylic acids is 2. The van der Waals surface area contributed by atoms with Crippen LogP contribution in [0, 0.1) is 5.82 Å². The van der Waals surface area contributed by atoms with E-state index in [0.29, 0.717) is 28.4 Å². The smallest absolute Gasteiger partial charge is 0.247 e.